The number of carbonyl (C=O) groups is 1. The largest absolute Gasteiger partial charge is 0.491 e. The van der Waals surface area contributed by atoms with E-state index in [1.807, 2.05) is 36.9 Å². The van der Waals surface area contributed by atoms with Crippen LogP contribution in [0.4, 0.5) is 5.82 Å². The molecule has 34 heavy (non-hydrogen) atoms. The number of thioether (sulfide) groups is 1. The minimum Gasteiger partial charge on any atom is -0.491 e. The van der Waals surface area contributed by atoms with Gasteiger partial charge in [-0.1, -0.05) is 25.6 Å². The van der Waals surface area contributed by atoms with Crippen LogP contribution in [0.3, 0.4) is 0 Å². The molecule has 1 aromatic carbocycles. The number of hydrogen-bond donors (Lipinski definition) is 1. The fourth-order valence-electron chi connectivity index (χ4n) is 4.03. The van der Waals surface area contributed by atoms with Crippen LogP contribution in [0.5, 0.6) is 5.75 Å². The molecule has 0 radical (unpaired) electrons. The van der Waals surface area contributed by atoms with Crippen molar-refractivity contribution < 1.29 is 9.53 Å². The van der Waals surface area contributed by atoms with Crippen molar-refractivity contribution in [2.45, 2.75) is 70.0 Å². The Kier molecular flexibility index (Phi) is 7.92. The van der Waals surface area contributed by atoms with Crippen molar-refractivity contribution in [3.63, 3.8) is 0 Å². The van der Waals surface area contributed by atoms with E-state index in [-0.39, 0.29) is 12.0 Å². The summed E-state index contributed by atoms with van der Waals surface area (Å²) < 4.78 is 7.52. The van der Waals surface area contributed by atoms with Gasteiger partial charge in [-0.05, 0) is 57.4 Å². The molecule has 1 saturated heterocycles. The van der Waals surface area contributed by atoms with Crippen molar-refractivity contribution >= 4 is 34.5 Å². The van der Waals surface area contributed by atoms with E-state index in [0.29, 0.717) is 23.9 Å². The normalized spacial score (nSPS) is 14.2. The Labute approximate surface area is 205 Å². The summed E-state index contributed by atoms with van der Waals surface area (Å²) in [6.45, 7) is 11.3. The van der Waals surface area contributed by atoms with Crippen molar-refractivity contribution in [1.29, 1.82) is 0 Å². The SMILES string of the molecule is CC(C)Oc1ccc(C(=O)NCCn2ncc3c(N4CCCCC4)nc(SC(C)C)nc32)cc1. The Morgan fingerprint density at radius 1 is 1.09 bits per heavy atom. The van der Waals surface area contributed by atoms with Gasteiger partial charge in [0.05, 0.1) is 24.2 Å². The fraction of sp³-hybridized carbons (Fsp3) is 0.520. The molecule has 2 aromatic heterocycles. The summed E-state index contributed by atoms with van der Waals surface area (Å²) in [4.78, 5) is 24.7. The van der Waals surface area contributed by atoms with Crippen molar-refractivity contribution in [2.75, 3.05) is 24.5 Å². The number of nitrogens with one attached hydrogen (secondary N) is 1. The van der Waals surface area contributed by atoms with E-state index >= 15 is 0 Å². The highest BCUT2D eigenvalue weighted by Gasteiger charge is 2.20. The van der Waals surface area contributed by atoms with Crippen LogP contribution in [-0.2, 0) is 6.54 Å². The van der Waals surface area contributed by atoms with E-state index in [2.05, 4.69) is 29.2 Å². The highest BCUT2D eigenvalue weighted by atomic mass is 32.2. The Bertz CT molecular complexity index is 1110. The van der Waals surface area contributed by atoms with E-state index in [1.165, 1.54) is 19.3 Å². The van der Waals surface area contributed by atoms with Crippen molar-refractivity contribution in [1.82, 2.24) is 25.1 Å². The predicted octanol–water partition coefficient (Wildman–Crippen LogP) is 4.53. The Hall–Kier alpha value is -2.81. The third kappa shape index (κ3) is 6.00. The van der Waals surface area contributed by atoms with Gasteiger partial charge >= 0.3 is 0 Å². The quantitative estimate of drug-likeness (QED) is 0.354. The second kappa shape index (κ2) is 11.1. The molecule has 182 valence electrons. The summed E-state index contributed by atoms with van der Waals surface area (Å²) in [7, 11) is 0. The maximum Gasteiger partial charge on any atom is 0.251 e. The summed E-state index contributed by atoms with van der Waals surface area (Å²) in [6, 6.07) is 7.21. The molecule has 3 heterocycles. The number of benzene rings is 1. The van der Waals surface area contributed by atoms with Gasteiger partial charge in [0.1, 0.15) is 11.6 Å². The summed E-state index contributed by atoms with van der Waals surface area (Å²) >= 11 is 1.66. The van der Waals surface area contributed by atoms with Gasteiger partial charge in [0, 0.05) is 30.4 Å². The molecule has 1 amide bonds. The summed E-state index contributed by atoms with van der Waals surface area (Å²) in [5.74, 6) is 1.62. The molecule has 1 aliphatic rings. The molecule has 9 heteroatoms. The number of fused-ring (bicyclic) bond motifs is 1. The van der Waals surface area contributed by atoms with Gasteiger partial charge in [0.2, 0.25) is 0 Å². The lowest BCUT2D eigenvalue weighted by Crippen LogP contribution is -2.30. The maximum atomic E-state index is 12.6. The Morgan fingerprint density at radius 2 is 1.82 bits per heavy atom. The molecule has 1 aliphatic heterocycles. The minimum atomic E-state index is -0.118. The Morgan fingerprint density at radius 3 is 2.50 bits per heavy atom. The molecule has 0 unspecified atom stereocenters. The van der Waals surface area contributed by atoms with Gasteiger partial charge in [0.15, 0.2) is 10.8 Å². The van der Waals surface area contributed by atoms with Crippen LogP contribution >= 0.6 is 11.8 Å². The molecular weight excluding hydrogens is 448 g/mol. The topological polar surface area (TPSA) is 85.2 Å². The summed E-state index contributed by atoms with van der Waals surface area (Å²) in [5.41, 5.74) is 1.43. The molecule has 4 rings (SSSR count). The lowest BCUT2D eigenvalue weighted by Gasteiger charge is -2.28. The Balaban J connectivity index is 1.46. The first-order valence-corrected chi connectivity index (χ1v) is 13.0. The smallest absolute Gasteiger partial charge is 0.251 e. The lowest BCUT2D eigenvalue weighted by atomic mass is 10.1. The average Bonchev–Trinajstić information content (AvgIpc) is 3.21. The second-order valence-electron chi connectivity index (χ2n) is 9.10. The highest BCUT2D eigenvalue weighted by molar-refractivity contribution is 7.99. The molecule has 1 N–H and O–H groups in total. The number of aromatic nitrogens is 4. The molecule has 8 nitrogen and oxygen atoms in total. The van der Waals surface area contributed by atoms with Crippen LogP contribution < -0.4 is 15.0 Å². The second-order valence-corrected chi connectivity index (χ2v) is 10.6. The van der Waals surface area contributed by atoms with Crippen LogP contribution in [0.25, 0.3) is 11.0 Å². The van der Waals surface area contributed by atoms with Gasteiger partial charge in [0.25, 0.3) is 5.91 Å². The van der Waals surface area contributed by atoms with Gasteiger partial charge in [-0.15, -0.1) is 0 Å². The number of amides is 1. The number of rotatable bonds is 9. The standard InChI is InChI=1S/C25H34N6O2S/c1-17(2)33-20-10-8-19(9-11-20)24(32)26-12-15-31-23-21(16-27-31)22(30-13-6-5-7-14-30)28-25(29-23)34-18(3)4/h8-11,16-18H,5-7,12-15H2,1-4H3,(H,26,32). The summed E-state index contributed by atoms with van der Waals surface area (Å²) in [6.07, 6.45) is 5.59. The molecule has 3 aromatic rings. The van der Waals surface area contributed by atoms with E-state index < -0.39 is 0 Å². The average molecular weight is 483 g/mol. The molecule has 0 saturated carbocycles. The predicted molar refractivity (Wildman–Crippen MR) is 137 cm³/mol. The molecule has 0 spiro atoms. The molecule has 0 atom stereocenters. The lowest BCUT2D eigenvalue weighted by molar-refractivity contribution is 0.0952. The molecular formula is C25H34N6O2S. The first-order valence-electron chi connectivity index (χ1n) is 12.1. The number of anilines is 1. The third-order valence-electron chi connectivity index (χ3n) is 5.55. The van der Waals surface area contributed by atoms with Gasteiger partial charge in [-0.2, -0.15) is 5.10 Å². The van der Waals surface area contributed by atoms with Crippen LogP contribution in [0.1, 0.15) is 57.3 Å². The van der Waals surface area contributed by atoms with E-state index in [4.69, 9.17) is 14.7 Å². The van der Waals surface area contributed by atoms with Crippen molar-refractivity contribution in [2.24, 2.45) is 0 Å². The van der Waals surface area contributed by atoms with Crippen molar-refractivity contribution in [3.8, 4) is 5.75 Å². The monoisotopic (exact) mass is 482 g/mol. The van der Waals surface area contributed by atoms with E-state index in [1.54, 1.807) is 23.9 Å². The minimum absolute atomic E-state index is 0.0993. The first-order chi connectivity index (χ1) is 16.4. The van der Waals surface area contributed by atoms with Crippen LogP contribution in [0.15, 0.2) is 35.6 Å². The van der Waals surface area contributed by atoms with Gasteiger partial charge < -0.3 is 15.0 Å². The van der Waals surface area contributed by atoms with Crippen LogP contribution in [0, 0.1) is 0 Å². The number of carbonyl (C=O) groups excluding carboxylic acids is 1. The zero-order chi connectivity index (χ0) is 24.1. The first kappa shape index (κ1) is 24.3. The zero-order valence-electron chi connectivity index (χ0n) is 20.5. The molecule has 0 bridgehead atoms. The number of piperidine rings is 1. The zero-order valence-corrected chi connectivity index (χ0v) is 21.3. The highest BCUT2D eigenvalue weighted by Crippen LogP contribution is 2.30. The van der Waals surface area contributed by atoms with Gasteiger partial charge in [-0.3, -0.25) is 4.79 Å². The third-order valence-corrected chi connectivity index (χ3v) is 6.41. The maximum absolute atomic E-state index is 12.6. The van der Waals surface area contributed by atoms with Crippen LogP contribution in [0.2, 0.25) is 0 Å². The summed E-state index contributed by atoms with van der Waals surface area (Å²) in [5, 5.41) is 9.72. The number of hydrogen-bond acceptors (Lipinski definition) is 7. The molecule has 1 fully saturated rings. The van der Waals surface area contributed by atoms with E-state index in [0.717, 1.165) is 40.8 Å². The van der Waals surface area contributed by atoms with Crippen LogP contribution in [-0.4, -0.2) is 56.6 Å². The number of ether oxygens (including phenoxy) is 1. The van der Waals surface area contributed by atoms with Gasteiger partial charge in [-0.25, -0.2) is 14.6 Å². The van der Waals surface area contributed by atoms with Crippen molar-refractivity contribution in [3.05, 3.63) is 36.0 Å². The number of nitrogens with zero attached hydrogens (tertiary/aromatic N) is 5. The fourth-order valence-corrected chi connectivity index (χ4v) is 4.73. The molecule has 0 aliphatic carbocycles. The van der Waals surface area contributed by atoms with E-state index in [9.17, 15) is 4.79 Å².